The number of halogens is 1. The Morgan fingerprint density at radius 1 is 1.29 bits per heavy atom. The SMILES string of the molecule is Cc1cn([C@H]2C[C@H](O/C=C(\F)C#N)[C@@H](COP(=O)(O)OP(=O)(O)OP(=O)(O)O)O2)c(=O)[nH]c1=O. The Bertz CT molecular complexity index is 1250. The number of nitriles is 1. The lowest BCUT2D eigenvalue weighted by molar-refractivity contribution is -0.0475. The summed E-state index contributed by atoms with van der Waals surface area (Å²) in [6, 6.07) is 1.13. The highest BCUT2D eigenvalue weighted by atomic mass is 31.3. The minimum atomic E-state index is -5.77. The molecule has 0 amide bonds. The van der Waals surface area contributed by atoms with Crippen LogP contribution in [0.15, 0.2) is 27.9 Å². The summed E-state index contributed by atoms with van der Waals surface area (Å²) in [5.74, 6) is -1.35. The van der Waals surface area contributed by atoms with E-state index in [2.05, 4.69) is 13.1 Å². The summed E-state index contributed by atoms with van der Waals surface area (Å²) >= 11 is 0. The van der Waals surface area contributed by atoms with Gasteiger partial charge in [-0.1, -0.05) is 0 Å². The third-order valence-corrected chi connectivity index (χ3v) is 7.71. The van der Waals surface area contributed by atoms with Crippen molar-refractivity contribution >= 4 is 23.5 Å². The predicted molar refractivity (Wildman–Crippen MR) is 104 cm³/mol. The molecule has 1 saturated heterocycles. The number of hydrogen-bond donors (Lipinski definition) is 5. The fourth-order valence-corrected chi connectivity index (χ4v) is 5.64. The van der Waals surface area contributed by atoms with E-state index >= 15 is 0 Å². The zero-order valence-electron chi connectivity index (χ0n) is 16.8. The van der Waals surface area contributed by atoms with E-state index in [1.165, 1.54) is 6.92 Å². The molecule has 0 radical (unpaired) electrons. The molecule has 0 aromatic carbocycles. The largest absolute Gasteiger partial charge is 0.491 e. The van der Waals surface area contributed by atoms with Crippen LogP contribution in [0.3, 0.4) is 0 Å². The zero-order valence-corrected chi connectivity index (χ0v) is 19.5. The average molecular weight is 551 g/mol. The molecule has 1 aromatic rings. The number of nitrogens with one attached hydrogen (secondary N) is 1. The zero-order chi connectivity index (χ0) is 25.9. The van der Waals surface area contributed by atoms with Gasteiger partial charge in [0.25, 0.3) is 5.56 Å². The highest BCUT2D eigenvalue weighted by molar-refractivity contribution is 7.66. The van der Waals surface area contributed by atoms with Crippen LogP contribution in [0.5, 0.6) is 0 Å². The predicted octanol–water partition coefficient (Wildman–Crippen LogP) is 0.195. The van der Waals surface area contributed by atoms with Gasteiger partial charge in [-0.25, -0.2) is 18.5 Å². The number of aromatic nitrogens is 2. The molecule has 5 N–H and O–H groups in total. The van der Waals surface area contributed by atoms with Crippen LogP contribution in [-0.4, -0.2) is 47.9 Å². The summed E-state index contributed by atoms with van der Waals surface area (Å²) in [6.07, 6.45) is -2.49. The topological polar surface area (TPSA) is 257 Å². The van der Waals surface area contributed by atoms with Gasteiger partial charge in [-0.05, 0) is 6.92 Å². The van der Waals surface area contributed by atoms with Gasteiger partial charge in [-0.15, -0.1) is 0 Å². The van der Waals surface area contributed by atoms with Gasteiger partial charge in [0.1, 0.15) is 30.8 Å². The standard InChI is InChI=1S/C13H17FN3O14P3/c1-7-4-17(13(19)16-12(7)18)11-2-9(27-5-8(14)3-15)10(29-11)6-28-33(23,24)31-34(25,26)30-32(20,21)22/h4-5,9-11H,2,6H2,1H3,(H,23,24)(H,25,26)(H,16,18,19)(H2,20,21,22)/b8-5-/t9-,10+,11+/m0/s1. The first-order chi connectivity index (χ1) is 15.5. The van der Waals surface area contributed by atoms with Gasteiger partial charge in [-0.3, -0.25) is 18.9 Å². The van der Waals surface area contributed by atoms with E-state index in [0.29, 0.717) is 6.26 Å². The minimum Gasteiger partial charge on any atom is -0.491 e. The van der Waals surface area contributed by atoms with Crippen molar-refractivity contribution in [2.24, 2.45) is 0 Å². The van der Waals surface area contributed by atoms with Gasteiger partial charge in [-0.2, -0.15) is 18.3 Å². The molecule has 190 valence electrons. The molecule has 2 heterocycles. The van der Waals surface area contributed by atoms with Gasteiger partial charge in [0.2, 0.25) is 5.83 Å². The van der Waals surface area contributed by atoms with Gasteiger partial charge in [0.15, 0.2) is 0 Å². The van der Waals surface area contributed by atoms with E-state index in [1.54, 1.807) is 0 Å². The van der Waals surface area contributed by atoms with E-state index in [1.807, 2.05) is 4.98 Å². The summed E-state index contributed by atoms with van der Waals surface area (Å²) in [5.41, 5.74) is -1.45. The maximum atomic E-state index is 13.2. The molecule has 2 unspecified atom stereocenters. The fraction of sp³-hybridized carbons (Fsp3) is 0.462. The summed E-state index contributed by atoms with van der Waals surface area (Å²) in [7, 11) is -16.9. The molecule has 0 spiro atoms. The molecule has 5 atom stereocenters. The number of aryl methyl sites for hydroxylation is 1. The van der Waals surface area contributed by atoms with Gasteiger partial charge in [0.05, 0.1) is 6.61 Å². The number of hydrogen-bond acceptors (Lipinski definition) is 11. The van der Waals surface area contributed by atoms with Crippen LogP contribution in [0.4, 0.5) is 4.39 Å². The van der Waals surface area contributed by atoms with E-state index in [-0.39, 0.29) is 12.0 Å². The van der Waals surface area contributed by atoms with Gasteiger partial charge >= 0.3 is 29.2 Å². The first-order valence-corrected chi connectivity index (χ1v) is 13.2. The monoisotopic (exact) mass is 551 g/mol. The van der Waals surface area contributed by atoms with Crippen molar-refractivity contribution in [2.75, 3.05) is 6.61 Å². The number of nitrogens with zero attached hydrogens (tertiary/aromatic N) is 2. The van der Waals surface area contributed by atoms with E-state index < -0.39 is 65.6 Å². The Morgan fingerprint density at radius 3 is 2.53 bits per heavy atom. The summed E-state index contributed by atoms with van der Waals surface area (Å²) in [4.78, 5) is 61.5. The normalized spacial score (nSPS) is 24.7. The molecule has 1 aliphatic heterocycles. The van der Waals surface area contributed by atoms with E-state index in [4.69, 9.17) is 24.5 Å². The van der Waals surface area contributed by atoms with Crippen LogP contribution in [-0.2, 0) is 36.3 Å². The van der Waals surface area contributed by atoms with Crippen molar-refractivity contribution in [2.45, 2.75) is 31.8 Å². The van der Waals surface area contributed by atoms with E-state index in [9.17, 15) is 37.5 Å². The van der Waals surface area contributed by atoms with Gasteiger partial charge < -0.3 is 29.0 Å². The molecule has 0 bridgehead atoms. The minimum absolute atomic E-state index is 0.118. The Labute approximate surface area is 188 Å². The quantitative estimate of drug-likeness (QED) is 0.148. The van der Waals surface area contributed by atoms with Crippen molar-refractivity contribution in [3.05, 3.63) is 44.7 Å². The second kappa shape index (κ2) is 10.7. The highest BCUT2D eigenvalue weighted by Gasteiger charge is 2.43. The van der Waals surface area contributed by atoms with Crippen LogP contribution >= 0.6 is 23.5 Å². The number of aromatic amines is 1. The molecular formula is C13H17FN3O14P3. The van der Waals surface area contributed by atoms with Crippen LogP contribution in [0.1, 0.15) is 18.2 Å². The molecule has 1 fully saturated rings. The smallest absolute Gasteiger partial charge is 0.490 e. The molecule has 34 heavy (non-hydrogen) atoms. The molecule has 21 heteroatoms. The Balaban J connectivity index is 2.20. The summed E-state index contributed by atoms with van der Waals surface area (Å²) in [6.45, 7) is 0.416. The Hall–Kier alpha value is -1.99. The maximum Gasteiger partial charge on any atom is 0.490 e. The number of rotatable bonds is 10. The number of phosphoric acid groups is 3. The average Bonchev–Trinajstić information content (AvgIpc) is 3.07. The first kappa shape index (κ1) is 28.2. The fourth-order valence-electron chi connectivity index (χ4n) is 2.61. The van der Waals surface area contributed by atoms with Crippen LogP contribution < -0.4 is 11.2 Å². The van der Waals surface area contributed by atoms with Crippen molar-refractivity contribution in [3.8, 4) is 6.07 Å². The maximum absolute atomic E-state index is 13.2. The lowest BCUT2D eigenvalue weighted by Crippen LogP contribution is -2.33. The second-order valence-corrected chi connectivity index (χ2v) is 10.9. The van der Waals surface area contributed by atoms with Crippen molar-refractivity contribution < 1.29 is 60.3 Å². The van der Waals surface area contributed by atoms with E-state index in [0.717, 1.165) is 16.8 Å². The molecule has 0 saturated carbocycles. The highest BCUT2D eigenvalue weighted by Crippen LogP contribution is 2.66. The lowest BCUT2D eigenvalue weighted by atomic mass is 10.2. The number of ether oxygens (including phenoxy) is 2. The van der Waals surface area contributed by atoms with Crippen LogP contribution in [0.2, 0.25) is 0 Å². The van der Waals surface area contributed by atoms with Crippen molar-refractivity contribution in [1.29, 1.82) is 5.26 Å². The third-order valence-electron chi connectivity index (χ3n) is 3.91. The molecule has 2 rings (SSSR count). The molecule has 1 aromatic heterocycles. The molecular weight excluding hydrogens is 534 g/mol. The number of H-pyrrole nitrogens is 1. The first-order valence-electron chi connectivity index (χ1n) is 8.69. The van der Waals surface area contributed by atoms with Gasteiger partial charge in [0, 0.05) is 18.2 Å². The number of phosphoric ester groups is 1. The van der Waals surface area contributed by atoms with Crippen molar-refractivity contribution in [3.63, 3.8) is 0 Å². The molecule has 0 aliphatic carbocycles. The molecule has 17 nitrogen and oxygen atoms in total. The Kier molecular flexibility index (Phi) is 8.92. The second-order valence-electron chi connectivity index (χ2n) is 6.48. The van der Waals surface area contributed by atoms with Crippen LogP contribution in [0, 0.1) is 18.3 Å². The lowest BCUT2D eigenvalue weighted by Gasteiger charge is -2.20. The Morgan fingerprint density at radius 2 is 1.94 bits per heavy atom. The summed E-state index contributed by atoms with van der Waals surface area (Å²) in [5, 5.41) is 8.48. The number of allylic oxidation sites excluding steroid dienone is 1. The van der Waals surface area contributed by atoms with Crippen LogP contribution in [0.25, 0.3) is 0 Å². The molecule has 1 aliphatic rings. The third kappa shape index (κ3) is 8.35. The summed E-state index contributed by atoms with van der Waals surface area (Å²) < 4.78 is 70.3. The van der Waals surface area contributed by atoms with Crippen molar-refractivity contribution in [1.82, 2.24) is 9.55 Å².